The number of amides is 2. The van der Waals surface area contributed by atoms with Crippen LogP contribution in [0.5, 0.6) is 0 Å². The predicted molar refractivity (Wildman–Crippen MR) is 146 cm³/mol. The van der Waals surface area contributed by atoms with E-state index in [0.717, 1.165) is 45.3 Å². The maximum Gasteiger partial charge on any atom is 0.232 e. The zero-order chi connectivity index (χ0) is 24.9. The zero-order valence-corrected chi connectivity index (χ0v) is 22.8. The number of carbonyl (C=O) groups is 2. The van der Waals surface area contributed by atoms with Crippen molar-refractivity contribution in [2.45, 2.75) is 32.1 Å². The van der Waals surface area contributed by atoms with Crippen LogP contribution in [0.3, 0.4) is 0 Å². The molecule has 2 amide bonds. The molecule has 2 saturated heterocycles. The number of carbonyl (C=O) groups excluding carboxylic acids is 2. The number of piperidine rings is 1. The van der Waals surface area contributed by atoms with E-state index in [1.807, 2.05) is 18.2 Å². The minimum absolute atomic E-state index is 0. The Morgan fingerprint density at radius 2 is 1.78 bits per heavy atom. The molecule has 1 atom stereocenters. The molecule has 2 heterocycles. The molecule has 5 nitrogen and oxygen atoms in total. The van der Waals surface area contributed by atoms with Gasteiger partial charge >= 0.3 is 0 Å². The van der Waals surface area contributed by atoms with E-state index in [1.54, 1.807) is 29.0 Å². The van der Waals surface area contributed by atoms with Gasteiger partial charge in [0.15, 0.2) is 0 Å². The Labute approximate surface area is 228 Å². The van der Waals surface area contributed by atoms with Crippen LogP contribution < -0.4 is 4.90 Å². The molecule has 9 heteroatoms. The fraction of sp³-hybridized carbons (Fsp3) is 0.481. The Bertz CT molecular complexity index is 1050. The number of halogens is 4. The molecule has 0 spiro atoms. The topological polar surface area (TPSA) is 43.9 Å². The lowest BCUT2D eigenvalue weighted by atomic mass is 9.90. The second-order valence-electron chi connectivity index (χ2n) is 9.73. The van der Waals surface area contributed by atoms with Gasteiger partial charge in [0.1, 0.15) is 5.82 Å². The highest BCUT2D eigenvalue weighted by molar-refractivity contribution is 6.42. The molecule has 36 heavy (non-hydrogen) atoms. The van der Waals surface area contributed by atoms with Gasteiger partial charge in [0, 0.05) is 32.2 Å². The quantitative estimate of drug-likeness (QED) is 0.418. The van der Waals surface area contributed by atoms with E-state index in [-0.39, 0.29) is 42.4 Å². The summed E-state index contributed by atoms with van der Waals surface area (Å²) in [5, 5.41) is 0.854. The average Bonchev–Trinajstić information content (AvgIpc) is 3.19. The predicted octanol–water partition coefficient (Wildman–Crippen LogP) is 5.71. The third kappa shape index (κ3) is 7.34. The average molecular weight is 557 g/mol. The van der Waals surface area contributed by atoms with Crippen LogP contribution in [0.1, 0.15) is 31.2 Å². The Kier molecular flexibility index (Phi) is 10.4. The lowest BCUT2D eigenvalue weighted by Crippen LogP contribution is -2.40. The van der Waals surface area contributed by atoms with Crippen molar-refractivity contribution >= 4 is 53.1 Å². The first-order valence-electron chi connectivity index (χ1n) is 12.3. The van der Waals surface area contributed by atoms with Crippen LogP contribution in [0.25, 0.3) is 0 Å². The van der Waals surface area contributed by atoms with E-state index in [1.165, 1.54) is 17.7 Å². The standard InChI is InChI=1S/C27H32Cl2FN3O2.ClH/c1-31-18-21(16-26(31)34)27(35)33(23-7-8-24(28)25(29)17-23)12-2-11-32-13-9-20(10-14-32)15-19-3-5-22(30)6-4-19;/h3-8,17,20-21H,2,9-16,18H2,1H3;1H. The second kappa shape index (κ2) is 13.1. The third-order valence-electron chi connectivity index (χ3n) is 7.17. The van der Waals surface area contributed by atoms with Gasteiger partial charge in [-0.15, -0.1) is 12.4 Å². The molecule has 2 fully saturated rings. The molecule has 2 aliphatic heterocycles. The smallest absolute Gasteiger partial charge is 0.232 e. The lowest BCUT2D eigenvalue weighted by Gasteiger charge is -2.33. The first-order valence-corrected chi connectivity index (χ1v) is 13.0. The first-order chi connectivity index (χ1) is 16.8. The monoisotopic (exact) mass is 555 g/mol. The number of hydrogen-bond donors (Lipinski definition) is 0. The zero-order valence-electron chi connectivity index (χ0n) is 20.5. The van der Waals surface area contributed by atoms with Crippen molar-refractivity contribution in [1.82, 2.24) is 9.80 Å². The van der Waals surface area contributed by atoms with Gasteiger partial charge < -0.3 is 14.7 Å². The summed E-state index contributed by atoms with van der Waals surface area (Å²) in [5.41, 5.74) is 1.90. The van der Waals surface area contributed by atoms with Crippen molar-refractivity contribution in [3.8, 4) is 0 Å². The van der Waals surface area contributed by atoms with E-state index < -0.39 is 0 Å². The molecule has 2 aromatic rings. The van der Waals surface area contributed by atoms with Gasteiger partial charge in [-0.3, -0.25) is 9.59 Å². The fourth-order valence-electron chi connectivity index (χ4n) is 5.09. The second-order valence-corrected chi connectivity index (χ2v) is 10.5. The molecule has 0 aromatic heterocycles. The highest BCUT2D eigenvalue weighted by Crippen LogP contribution is 2.30. The fourth-order valence-corrected chi connectivity index (χ4v) is 5.38. The van der Waals surface area contributed by atoms with Gasteiger partial charge in [0.25, 0.3) is 0 Å². The maximum atomic E-state index is 13.4. The van der Waals surface area contributed by atoms with Crippen molar-refractivity contribution in [2.75, 3.05) is 44.7 Å². The van der Waals surface area contributed by atoms with Gasteiger partial charge in [0.2, 0.25) is 11.8 Å². The Morgan fingerprint density at radius 3 is 2.39 bits per heavy atom. The van der Waals surface area contributed by atoms with Gasteiger partial charge in [-0.2, -0.15) is 0 Å². The minimum atomic E-state index is -0.343. The molecule has 0 N–H and O–H groups in total. The van der Waals surface area contributed by atoms with E-state index in [2.05, 4.69) is 4.90 Å². The van der Waals surface area contributed by atoms with E-state index in [0.29, 0.717) is 34.7 Å². The normalized spacial score (nSPS) is 18.8. The largest absolute Gasteiger partial charge is 0.345 e. The SMILES string of the molecule is CN1CC(C(=O)N(CCCN2CCC(Cc3ccc(F)cc3)CC2)c2ccc(Cl)c(Cl)c2)CC1=O.Cl. The summed E-state index contributed by atoms with van der Waals surface area (Å²) in [7, 11) is 1.73. The minimum Gasteiger partial charge on any atom is -0.345 e. The summed E-state index contributed by atoms with van der Waals surface area (Å²) in [6.07, 6.45) is 4.29. The van der Waals surface area contributed by atoms with Crippen LogP contribution >= 0.6 is 35.6 Å². The van der Waals surface area contributed by atoms with E-state index >= 15 is 0 Å². The molecule has 2 aliphatic rings. The van der Waals surface area contributed by atoms with Gasteiger partial charge in [-0.25, -0.2) is 4.39 Å². The van der Waals surface area contributed by atoms with Crippen molar-refractivity contribution in [2.24, 2.45) is 11.8 Å². The lowest BCUT2D eigenvalue weighted by molar-refractivity contribution is -0.127. The summed E-state index contributed by atoms with van der Waals surface area (Å²) in [6.45, 7) is 3.94. The van der Waals surface area contributed by atoms with Crippen molar-refractivity contribution < 1.29 is 14.0 Å². The van der Waals surface area contributed by atoms with E-state index in [4.69, 9.17) is 23.2 Å². The van der Waals surface area contributed by atoms with Crippen LogP contribution in [0.2, 0.25) is 10.0 Å². The van der Waals surface area contributed by atoms with Gasteiger partial charge in [0.05, 0.1) is 16.0 Å². The maximum absolute atomic E-state index is 13.4. The summed E-state index contributed by atoms with van der Waals surface area (Å²) in [6, 6.07) is 12.1. The Morgan fingerprint density at radius 1 is 1.08 bits per heavy atom. The Hall–Kier alpha value is -1.86. The summed E-state index contributed by atoms with van der Waals surface area (Å²) in [4.78, 5) is 31.2. The number of benzene rings is 2. The number of hydrogen-bond acceptors (Lipinski definition) is 3. The summed E-state index contributed by atoms with van der Waals surface area (Å²) in [5.74, 6) is 0.0376. The van der Waals surface area contributed by atoms with Crippen LogP contribution in [0.4, 0.5) is 10.1 Å². The molecule has 0 radical (unpaired) electrons. The van der Waals surface area contributed by atoms with Crippen molar-refractivity contribution in [3.63, 3.8) is 0 Å². The Balaban J connectivity index is 0.00000361. The first kappa shape index (κ1) is 28.7. The van der Waals surface area contributed by atoms with Crippen LogP contribution in [-0.4, -0.2) is 61.4 Å². The molecule has 0 saturated carbocycles. The molecule has 4 rings (SSSR count). The molecule has 1 unspecified atom stereocenters. The number of likely N-dealkylation sites (tertiary alicyclic amines) is 2. The third-order valence-corrected chi connectivity index (χ3v) is 7.91. The molecule has 196 valence electrons. The van der Waals surface area contributed by atoms with Crippen LogP contribution in [-0.2, 0) is 16.0 Å². The summed E-state index contributed by atoms with van der Waals surface area (Å²) < 4.78 is 13.1. The number of rotatable bonds is 8. The van der Waals surface area contributed by atoms with Crippen LogP contribution in [0.15, 0.2) is 42.5 Å². The van der Waals surface area contributed by atoms with Crippen LogP contribution in [0, 0.1) is 17.7 Å². The number of nitrogens with zero attached hydrogens (tertiary/aromatic N) is 3. The van der Waals surface area contributed by atoms with Crippen molar-refractivity contribution in [1.29, 1.82) is 0 Å². The molecule has 0 bridgehead atoms. The molecule has 0 aliphatic carbocycles. The molecular weight excluding hydrogens is 524 g/mol. The molecular formula is C27H33Cl3FN3O2. The van der Waals surface area contributed by atoms with Gasteiger partial charge in [-0.05, 0) is 87.1 Å². The molecule has 2 aromatic carbocycles. The number of anilines is 1. The highest BCUT2D eigenvalue weighted by atomic mass is 35.5. The highest BCUT2D eigenvalue weighted by Gasteiger charge is 2.35. The summed E-state index contributed by atoms with van der Waals surface area (Å²) >= 11 is 12.3. The van der Waals surface area contributed by atoms with Crippen molar-refractivity contribution in [3.05, 3.63) is 63.9 Å². The van der Waals surface area contributed by atoms with E-state index in [9.17, 15) is 14.0 Å². The van der Waals surface area contributed by atoms with Gasteiger partial charge in [-0.1, -0.05) is 35.3 Å².